The molecule has 12 heteroatoms. The normalized spacial score (nSPS) is 16.2. The molecule has 6 nitrogen and oxygen atoms in total. The van der Waals surface area contributed by atoms with Gasteiger partial charge in [-0.25, -0.2) is 17.1 Å². The van der Waals surface area contributed by atoms with E-state index in [0.29, 0.717) is 25.1 Å². The van der Waals surface area contributed by atoms with E-state index in [-0.39, 0.29) is 21.3 Å². The van der Waals surface area contributed by atoms with Crippen molar-refractivity contribution in [1.82, 2.24) is 18.7 Å². The minimum absolute atomic E-state index is 0.0250. The summed E-state index contributed by atoms with van der Waals surface area (Å²) in [5, 5.41) is 3.67. The summed E-state index contributed by atoms with van der Waals surface area (Å²) in [6.45, 7) is -0.536. The number of aryl methyl sites for hydroxylation is 1. The van der Waals surface area contributed by atoms with Crippen LogP contribution in [0.25, 0.3) is 16.5 Å². The van der Waals surface area contributed by atoms with Crippen molar-refractivity contribution in [3.8, 4) is 0 Å². The Labute approximate surface area is 180 Å². The fraction of sp³-hybridized carbons (Fsp3) is 0.350. The molecular formula is C20H19F5N4O2S. The van der Waals surface area contributed by atoms with Gasteiger partial charge in [0.1, 0.15) is 4.90 Å². The summed E-state index contributed by atoms with van der Waals surface area (Å²) >= 11 is 0. The summed E-state index contributed by atoms with van der Waals surface area (Å²) in [6, 6.07) is 2.81. The number of halogens is 5. The third-order valence-electron chi connectivity index (χ3n) is 5.46. The summed E-state index contributed by atoms with van der Waals surface area (Å²) in [6.07, 6.45) is -0.261. The average molecular weight is 474 g/mol. The molecule has 0 fully saturated rings. The second-order valence-corrected chi connectivity index (χ2v) is 9.43. The minimum Gasteiger partial charge on any atom is -0.302 e. The maximum absolute atomic E-state index is 13.3. The standard InChI is InChI=1S/C20H19F5N4O2S/c1-12-18(11-28(26-12)19(21)22)32(30,31)29-10-16(13-5-7-27(2)8-6-13)15-9-14(20(23,24)25)3-4-17(15)29/h3-5,9-11,19H,6-8H2,1-2H3. The second-order valence-electron chi connectivity index (χ2n) is 7.65. The van der Waals surface area contributed by atoms with Crippen LogP contribution in [0.3, 0.4) is 0 Å². The van der Waals surface area contributed by atoms with Gasteiger partial charge in [0.15, 0.2) is 0 Å². The monoisotopic (exact) mass is 474 g/mol. The van der Waals surface area contributed by atoms with E-state index in [4.69, 9.17) is 0 Å². The van der Waals surface area contributed by atoms with Gasteiger partial charge < -0.3 is 4.90 Å². The van der Waals surface area contributed by atoms with Gasteiger partial charge in [-0.2, -0.15) is 27.1 Å². The van der Waals surface area contributed by atoms with E-state index < -0.39 is 33.2 Å². The highest BCUT2D eigenvalue weighted by atomic mass is 32.2. The largest absolute Gasteiger partial charge is 0.416 e. The first-order valence-corrected chi connectivity index (χ1v) is 11.0. The lowest BCUT2D eigenvalue weighted by Gasteiger charge is -2.21. The summed E-state index contributed by atoms with van der Waals surface area (Å²) in [4.78, 5) is 1.57. The molecule has 3 aromatic rings. The Kier molecular flexibility index (Phi) is 5.40. The Morgan fingerprint density at radius 2 is 1.88 bits per heavy atom. The summed E-state index contributed by atoms with van der Waals surface area (Å²) in [7, 11) is -2.51. The van der Waals surface area contributed by atoms with Crippen LogP contribution in [-0.4, -0.2) is 47.2 Å². The van der Waals surface area contributed by atoms with Crippen LogP contribution in [0.4, 0.5) is 22.0 Å². The number of aromatic nitrogens is 3. The fourth-order valence-corrected chi connectivity index (χ4v) is 5.30. The lowest BCUT2D eigenvalue weighted by molar-refractivity contribution is -0.137. The topological polar surface area (TPSA) is 60.1 Å². The average Bonchev–Trinajstić information content (AvgIpc) is 3.29. The molecule has 1 aliphatic rings. The van der Waals surface area contributed by atoms with Crippen LogP contribution >= 0.6 is 0 Å². The highest BCUT2D eigenvalue weighted by Crippen LogP contribution is 2.37. The third-order valence-corrected chi connectivity index (χ3v) is 7.24. The molecule has 0 N–H and O–H groups in total. The van der Waals surface area contributed by atoms with E-state index in [1.807, 2.05) is 18.0 Å². The first kappa shape index (κ1) is 22.5. The smallest absolute Gasteiger partial charge is 0.302 e. The Morgan fingerprint density at radius 1 is 1.16 bits per heavy atom. The minimum atomic E-state index is -4.61. The van der Waals surface area contributed by atoms with E-state index in [2.05, 4.69) is 5.10 Å². The van der Waals surface area contributed by atoms with E-state index in [9.17, 15) is 30.4 Å². The number of alkyl halides is 5. The second kappa shape index (κ2) is 7.69. The SMILES string of the molecule is Cc1nn(C(F)F)cc1S(=O)(=O)n1cc(C2=CCN(C)CC2)c2cc(C(F)(F)F)ccc21. The summed E-state index contributed by atoms with van der Waals surface area (Å²) in [5.41, 5.74) is 0.0656. The lowest BCUT2D eigenvalue weighted by Crippen LogP contribution is -2.23. The lowest BCUT2D eigenvalue weighted by atomic mass is 9.98. The molecule has 4 rings (SSSR count). The first-order valence-electron chi connectivity index (χ1n) is 9.59. The van der Waals surface area contributed by atoms with Crippen molar-refractivity contribution >= 4 is 26.5 Å². The molecule has 0 unspecified atom stereocenters. The molecule has 0 aliphatic carbocycles. The van der Waals surface area contributed by atoms with Crippen molar-refractivity contribution < 1.29 is 30.4 Å². The van der Waals surface area contributed by atoms with Gasteiger partial charge in [0.2, 0.25) is 0 Å². The predicted molar refractivity (Wildman–Crippen MR) is 108 cm³/mol. The number of benzene rings is 1. The molecule has 172 valence electrons. The Hall–Kier alpha value is -2.73. The van der Waals surface area contributed by atoms with E-state index >= 15 is 0 Å². The number of rotatable bonds is 4. The maximum Gasteiger partial charge on any atom is 0.416 e. The number of likely N-dealkylation sites (N-methyl/N-ethyl adjacent to an activating group) is 1. The maximum atomic E-state index is 13.3. The number of hydrogen-bond donors (Lipinski definition) is 0. The molecule has 0 atom stereocenters. The van der Waals surface area contributed by atoms with Crippen molar-refractivity contribution in [2.45, 2.75) is 31.0 Å². The number of hydrogen-bond acceptors (Lipinski definition) is 4. The van der Waals surface area contributed by atoms with Crippen LogP contribution in [-0.2, 0) is 16.2 Å². The van der Waals surface area contributed by atoms with Gasteiger partial charge >= 0.3 is 12.7 Å². The Balaban J connectivity index is 1.96. The molecule has 0 saturated carbocycles. The highest BCUT2D eigenvalue weighted by molar-refractivity contribution is 7.90. The first-order chi connectivity index (χ1) is 14.9. The van der Waals surface area contributed by atoms with Gasteiger partial charge in [-0.05, 0) is 44.2 Å². The molecule has 0 amide bonds. The fourth-order valence-electron chi connectivity index (χ4n) is 3.77. The molecule has 1 aliphatic heterocycles. The number of fused-ring (bicyclic) bond motifs is 1. The van der Waals surface area contributed by atoms with Gasteiger partial charge in [-0.15, -0.1) is 0 Å². The van der Waals surface area contributed by atoms with Gasteiger partial charge in [0.05, 0.1) is 23.0 Å². The van der Waals surface area contributed by atoms with Crippen molar-refractivity contribution in [3.63, 3.8) is 0 Å². The molecule has 0 spiro atoms. The van der Waals surface area contributed by atoms with Crippen molar-refractivity contribution in [2.75, 3.05) is 20.1 Å². The highest BCUT2D eigenvalue weighted by Gasteiger charge is 2.33. The Bertz CT molecular complexity index is 1320. The van der Waals surface area contributed by atoms with E-state index in [1.165, 1.54) is 13.1 Å². The van der Waals surface area contributed by atoms with Crippen LogP contribution in [0.5, 0.6) is 0 Å². The summed E-state index contributed by atoms with van der Waals surface area (Å²) in [5.74, 6) is 0. The predicted octanol–water partition coefficient (Wildman–Crippen LogP) is 4.52. The van der Waals surface area contributed by atoms with Gasteiger partial charge in [0.25, 0.3) is 10.0 Å². The van der Waals surface area contributed by atoms with Crippen LogP contribution in [0.1, 0.15) is 29.8 Å². The summed E-state index contributed by atoms with van der Waals surface area (Å²) < 4.78 is 93.9. The van der Waals surface area contributed by atoms with Gasteiger partial charge in [-0.1, -0.05) is 6.08 Å². The van der Waals surface area contributed by atoms with E-state index in [1.54, 1.807) is 0 Å². The zero-order valence-electron chi connectivity index (χ0n) is 17.1. The van der Waals surface area contributed by atoms with Crippen molar-refractivity contribution in [2.24, 2.45) is 0 Å². The zero-order chi connectivity index (χ0) is 23.4. The molecule has 32 heavy (non-hydrogen) atoms. The van der Waals surface area contributed by atoms with Crippen molar-refractivity contribution in [3.05, 3.63) is 53.5 Å². The van der Waals surface area contributed by atoms with Crippen molar-refractivity contribution in [1.29, 1.82) is 0 Å². The molecule has 2 aromatic heterocycles. The van der Waals surface area contributed by atoms with Crippen LogP contribution in [0.15, 0.2) is 41.6 Å². The molecule has 3 heterocycles. The zero-order valence-corrected chi connectivity index (χ0v) is 17.9. The quantitative estimate of drug-likeness (QED) is 0.522. The molecule has 0 bridgehead atoms. The van der Waals surface area contributed by atoms with Crippen LogP contribution in [0.2, 0.25) is 0 Å². The van der Waals surface area contributed by atoms with Gasteiger partial charge in [0, 0.05) is 30.2 Å². The van der Waals surface area contributed by atoms with Crippen LogP contribution in [0, 0.1) is 6.92 Å². The molecule has 1 aromatic carbocycles. The molecule has 0 saturated heterocycles. The Morgan fingerprint density at radius 3 is 2.44 bits per heavy atom. The number of nitrogens with zero attached hydrogens (tertiary/aromatic N) is 4. The third kappa shape index (κ3) is 3.81. The molecular weight excluding hydrogens is 455 g/mol. The van der Waals surface area contributed by atoms with Crippen LogP contribution < -0.4 is 0 Å². The van der Waals surface area contributed by atoms with Gasteiger partial charge in [-0.3, -0.25) is 0 Å². The van der Waals surface area contributed by atoms with E-state index in [0.717, 1.165) is 33.9 Å². The molecule has 0 radical (unpaired) electrons.